The van der Waals surface area contributed by atoms with Crippen LogP contribution in [0.3, 0.4) is 0 Å². The van der Waals surface area contributed by atoms with Crippen molar-refractivity contribution in [2.24, 2.45) is 0 Å². The molecule has 0 saturated heterocycles. The Balaban J connectivity index is 2.50. The number of aromatic nitrogens is 3. The Labute approximate surface area is 116 Å². The molecule has 0 saturated carbocycles. The molecule has 0 aromatic carbocycles. The van der Waals surface area contributed by atoms with Crippen molar-refractivity contribution in [3.63, 3.8) is 0 Å². The van der Waals surface area contributed by atoms with Gasteiger partial charge in [-0.1, -0.05) is 11.3 Å². The quantitative estimate of drug-likeness (QED) is 0.934. The first kappa shape index (κ1) is 13.7. The van der Waals surface area contributed by atoms with E-state index in [2.05, 4.69) is 15.5 Å². The summed E-state index contributed by atoms with van der Waals surface area (Å²) in [5, 5.41) is 12.6. The standard InChI is InChI=1S/C13H18N4OS/c1-5-14-13-16-15-11(19-13)10-7-6-9(4)17(8(2)3)12(10)18/h6-8H,5H2,1-4H3,(H,14,16). The summed E-state index contributed by atoms with van der Waals surface area (Å²) in [7, 11) is 0. The fraction of sp³-hybridized carbons (Fsp3) is 0.462. The highest BCUT2D eigenvalue weighted by Gasteiger charge is 2.14. The van der Waals surface area contributed by atoms with E-state index in [1.807, 2.05) is 39.8 Å². The van der Waals surface area contributed by atoms with Crippen LogP contribution in [0.1, 0.15) is 32.5 Å². The van der Waals surface area contributed by atoms with Crippen molar-refractivity contribution in [1.82, 2.24) is 14.8 Å². The number of aryl methyl sites for hydroxylation is 1. The predicted octanol–water partition coefficient (Wildman–Crippen LogP) is 2.69. The number of hydrogen-bond acceptors (Lipinski definition) is 5. The van der Waals surface area contributed by atoms with E-state index >= 15 is 0 Å². The number of anilines is 1. The lowest BCUT2D eigenvalue weighted by molar-refractivity contribution is 0.564. The van der Waals surface area contributed by atoms with Crippen LogP contribution in [0.4, 0.5) is 5.13 Å². The van der Waals surface area contributed by atoms with E-state index in [0.717, 1.165) is 17.4 Å². The molecule has 6 heteroatoms. The SMILES string of the molecule is CCNc1nnc(-c2ccc(C)n(C(C)C)c2=O)s1. The van der Waals surface area contributed by atoms with Crippen molar-refractivity contribution in [3.8, 4) is 10.6 Å². The van der Waals surface area contributed by atoms with Crippen molar-refractivity contribution in [3.05, 3.63) is 28.2 Å². The second kappa shape index (κ2) is 5.52. The van der Waals surface area contributed by atoms with Crippen LogP contribution < -0.4 is 10.9 Å². The van der Waals surface area contributed by atoms with E-state index in [4.69, 9.17) is 0 Å². The van der Waals surface area contributed by atoms with Crippen LogP contribution in [0.15, 0.2) is 16.9 Å². The van der Waals surface area contributed by atoms with Crippen LogP contribution in [0, 0.1) is 6.92 Å². The molecule has 0 unspecified atom stereocenters. The van der Waals surface area contributed by atoms with Gasteiger partial charge in [0.1, 0.15) is 0 Å². The Kier molecular flexibility index (Phi) is 3.99. The molecule has 2 aromatic rings. The molecule has 2 heterocycles. The average molecular weight is 278 g/mol. The monoisotopic (exact) mass is 278 g/mol. The molecule has 102 valence electrons. The van der Waals surface area contributed by atoms with Crippen molar-refractivity contribution < 1.29 is 0 Å². The van der Waals surface area contributed by atoms with Gasteiger partial charge in [-0.2, -0.15) is 0 Å². The summed E-state index contributed by atoms with van der Waals surface area (Å²) in [5.41, 5.74) is 1.57. The van der Waals surface area contributed by atoms with Crippen LogP contribution in [0.25, 0.3) is 10.6 Å². The van der Waals surface area contributed by atoms with Gasteiger partial charge in [0.05, 0.1) is 5.56 Å². The minimum atomic E-state index is -0.00537. The van der Waals surface area contributed by atoms with Gasteiger partial charge in [-0.05, 0) is 39.8 Å². The van der Waals surface area contributed by atoms with Gasteiger partial charge in [0.2, 0.25) is 5.13 Å². The first-order chi connectivity index (χ1) is 9.04. The number of pyridine rings is 1. The molecular weight excluding hydrogens is 260 g/mol. The smallest absolute Gasteiger partial charge is 0.261 e. The number of rotatable bonds is 4. The lowest BCUT2D eigenvalue weighted by Gasteiger charge is -2.14. The third-order valence-corrected chi connectivity index (χ3v) is 3.73. The highest BCUT2D eigenvalue weighted by atomic mass is 32.1. The third kappa shape index (κ3) is 2.68. The minimum absolute atomic E-state index is 0.00537. The van der Waals surface area contributed by atoms with E-state index in [-0.39, 0.29) is 11.6 Å². The van der Waals surface area contributed by atoms with Gasteiger partial charge >= 0.3 is 0 Å². The van der Waals surface area contributed by atoms with Crippen molar-refractivity contribution in [2.45, 2.75) is 33.7 Å². The minimum Gasteiger partial charge on any atom is -0.360 e. The molecule has 0 amide bonds. The number of nitrogens with zero attached hydrogens (tertiary/aromatic N) is 3. The Morgan fingerprint density at radius 2 is 2.11 bits per heavy atom. The summed E-state index contributed by atoms with van der Waals surface area (Å²) in [6.45, 7) is 8.73. The molecule has 0 radical (unpaired) electrons. The zero-order chi connectivity index (χ0) is 14.0. The predicted molar refractivity (Wildman–Crippen MR) is 78.9 cm³/mol. The van der Waals surface area contributed by atoms with E-state index in [9.17, 15) is 4.79 Å². The zero-order valence-electron chi connectivity index (χ0n) is 11.6. The van der Waals surface area contributed by atoms with Crippen LogP contribution in [0.5, 0.6) is 0 Å². The Hall–Kier alpha value is -1.69. The van der Waals surface area contributed by atoms with Crippen LogP contribution >= 0.6 is 11.3 Å². The molecule has 2 rings (SSSR count). The van der Waals surface area contributed by atoms with Crippen molar-refractivity contribution in [1.29, 1.82) is 0 Å². The molecule has 0 atom stereocenters. The van der Waals surface area contributed by atoms with Gasteiger partial charge in [0.15, 0.2) is 5.01 Å². The Bertz CT molecular complexity index is 630. The highest BCUT2D eigenvalue weighted by Crippen LogP contribution is 2.24. The van der Waals surface area contributed by atoms with E-state index in [1.165, 1.54) is 11.3 Å². The van der Waals surface area contributed by atoms with Crippen molar-refractivity contribution in [2.75, 3.05) is 11.9 Å². The molecular formula is C13H18N4OS. The molecule has 0 bridgehead atoms. The second-order valence-corrected chi connectivity index (χ2v) is 5.58. The molecule has 0 fully saturated rings. The van der Waals surface area contributed by atoms with E-state index in [1.54, 1.807) is 4.57 Å². The Morgan fingerprint density at radius 3 is 2.74 bits per heavy atom. The normalized spacial score (nSPS) is 11.0. The molecule has 1 N–H and O–H groups in total. The van der Waals surface area contributed by atoms with Crippen LogP contribution in [-0.2, 0) is 0 Å². The summed E-state index contributed by atoms with van der Waals surface area (Å²) in [4.78, 5) is 12.5. The van der Waals surface area contributed by atoms with Gasteiger partial charge in [0.25, 0.3) is 5.56 Å². The summed E-state index contributed by atoms with van der Waals surface area (Å²) < 4.78 is 1.78. The van der Waals surface area contributed by atoms with Crippen molar-refractivity contribution >= 4 is 16.5 Å². The molecule has 5 nitrogen and oxygen atoms in total. The maximum Gasteiger partial charge on any atom is 0.261 e. The fourth-order valence-corrected chi connectivity index (χ4v) is 2.83. The van der Waals surface area contributed by atoms with Crippen LogP contribution in [0.2, 0.25) is 0 Å². The second-order valence-electron chi connectivity index (χ2n) is 4.60. The first-order valence-corrected chi connectivity index (χ1v) is 7.16. The van der Waals surface area contributed by atoms with E-state index < -0.39 is 0 Å². The van der Waals surface area contributed by atoms with Gasteiger partial charge in [-0.15, -0.1) is 10.2 Å². The fourth-order valence-electron chi connectivity index (χ4n) is 2.00. The van der Waals surface area contributed by atoms with Gasteiger partial charge in [0, 0.05) is 18.3 Å². The van der Waals surface area contributed by atoms with E-state index in [0.29, 0.717) is 10.6 Å². The van der Waals surface area contributed by atoms with Crippen LogP contribution in [-0.4, -0.2) is 21.3 Å². The topological polar surface area (TPSA) is 59.8 Å². The molecule has 0 aliphatic heterocycles. The summed E-state index contributed by atoms with van der Waals surface area (Å²) in [6, 6.07) is 3.91. The maximum absolute atomic E-state index is 12.5. The molecule has 2 aromatic heterocycles. The van der Waals surface area contributed by atoms with Gasteiger partial charge in [-0.3, -0.25) is 4.79 Å². The first-order valence-electron chi connectivity index (χ1n) is 6.34. The van der Waals surface area contributed by atoms with Gasteiger partial charge in [-0.25, -0.2) is 0 Å². The average Bonchev–Trinajstić information content (AvgIpc) is 2.77. The Morgan fingerprint density at radius 1 is 1.37 bits per heavy atom. The molecule has 0 spiro atoms. The third-order valence-electron chi connectivity index (χ3n) is 2.82. The highest BCUT2D eigenvalue weighted by molar-refractivity contribution is 7.18. The summed E-state index contributed by atoms with van der Waals surface area (Å²) in [6.07, 6.45) is 0. The number of hydrogen-bond donors (Lipinski definition) is 1. The molecule has 19 heavy (non-hydrogen) atoms. The lowest BCUT2D eigenvalue weighted by Crippen LogP contribution is -2.25. The molecule has 0 aliphatic rings. The largest absolute Gasteiger partial charge is 0.360 e. The lowest BCUT2D eigenvalue weighted by atomic mass is 10.2. The number of nitrogens with one attached hydrogen (secondary N) is 1. The maximum atomic E-state index is 12.5. The zero-order valence-corrected chi connectivity index (χ0v) is 12.4. The summed E-state index contributed by atoms with van der Waals surface area (Å²) in [5.74, 6) is 0. The molecule has 0 aliphatic carbocycles. The van der Waals surface area contributed by atoms with Gasteiger partial charge < -0.3 is 9.88 Å². The summed E-state index contributed by atoms with van der Waals surface area (Å²) >= 11 is 1.40.